The molecule has 0 aliphatic heterocycles. The van der Waals surface area contributed by atoms with Crippen LogP contribution in [0, 0.1) is 0 Å². The van der Waals surface area contributed by atoms with Gasteiger partial charge in [0.25, 0.3) is 0 Å². The third-order valence-electron chi connectivity index (χ3n) is 3.28. The van der Waals surface area contributed by atoms with Crippen LogP contribution in [0.4, 0.5) is 5.95 Å². The summed E-state index contributed by atoms with van der Waals surface area (Å²) in [4.78, 5) is 19.7. The summed E-state index contributed by atoms with van der Waals surface area (Å²) in [6, 6.07) is 1.90. The van der Waals surface area contributed by atoms with Crippen molar-refractivity contribution in [3.05, 3.63) is 24.7 Å². The molecule has 0 fully saturated rings. The van der Waals surface area contributed by atoms with Gasteiger partial charge in [-0.3, -0.25) is 4.79 Å². The number of rotatable bonds is 8. The van der Waals surface area contributed by atoms with Crippen molar-refractivity contribution in [2.24, 2.45) is 0 Å². The van der Waals surface area contributed by atoms with Crippen LogP contribution in [0.25, 0.3) is 11.3 Å². The Morgan fingerprint density at radius 1 is 1.39 bits per heavy atom. The van der Waals surface area contributed by atoms with E-state index in [0.29, 0.717) is 25.5 Å². The Bertz CT molecular complexity index is 625. The van der Waals surface area contributed by atoms with Crippen molar-refractivity contribution in [2.45, 2.75) is 26.5 Å². The number of nitrogens with one attached hydrogen (secondary N) is 2. The Balaban J connectivity index is 2.02. The molecule has 2 heterocycles. The van der Waals surface area contributed by atoms with E-state index in [-0.39, 0.29) is 12.1 Å². The molecule has 0 radical (unpaired) electrons. The maximum absolute atomic E-state index is 11.2. The molecule has 2 aromatic rings. The zero-order chi connectivity index (χ0) is 16.7. The van der Waals surface area contributed by atoms with Gasteiger partial charge in [-0.15, -0.1) is 0 Å². The van der Waals surface area contributed by atoms with Crippen molar-refractivity contribution in [3.8, 4) is 11.3 Å². The van der Waals surface area contributed by atoms with Crippen LogP contribution in [-0.4, -0.2) is 45.9 Å². The second-order valence-electron chi connectivity index (χ2n) is 4.86. The summed E-state index contributed by atoms with van der Waals surface area (Å²) >= 11 is 0. The molecule has 2 rings (SSSR count). The molecule has 8 heteroatoms. The van der Waals surface area contributed by atoms with Crippen molar-refractivity contribution in [1.29, 1.82) is 0 Å². The van der Waals surface area contributed by atoms with Crippen LogP contribution in [0.5, 0.6) is 0 Å². The molecule has 2 aromatic heterocycles. The smallest absolute Gasteiger partial charge is 0.222 e. The lowest BCUT2D eigenvalue weighted by atomic mass is 10.2. The number of carbonyl (C=O) groups excluding carboxylic acids is 1. The van der Waals surface area contributed by atoms with Crippen LogP contribution in [0.15, 0.2) is 24.7 Å². The Hall–Kier alpha value is -2.48. The zero-order valence-electron chi connectivity index (χ0n) is 13.6. The van der Waals surface area contributed by atoms with E-state index in [1.54, 1.807) is 30.3 Å². The number of carbonyl (C=O) groups is 1. The molecule has 2 N–H and O–H groups in total. The summed E-state index contributed by atoms with van der Waals surface area (Å²) in [6.07, 6.45) is 5.39. The van der Waals surface area contributed by atoms with Gasteiger partial charge in [0.05, 0.1) is 5.69 Å². The van der Waals surface area contributed by atoms with E-state index < -0.39 is 0 Å². The molecule has 0 saturated carbocycles. The minimum Gasteiger partial charge on any atom is -0.359 e. The van der Waals surface area contributed by atoms with Gasteiger partial charge < -0.3 is 15.4 Å². The molecular weight excluding hydrogens is 296 g/mol. The Labute approximate surface area is 135 Å². The molecule has 8 nitrogen and oxygen atoms in total. The Morgan fingerprint density at radius 3 is 2.78 bits per heavy atom. The largest absolute Gasteiger partial charge is 0.359 e. The van der Waals surface area contributed by atoms with Gasteiger partial charge in [-0.1, -0.05) is 0 Å². The molecule has 23 heavy (non-hydrogen) atoms. The fourth-order valence-corrected chi connectivity index (χ4v) is 2.11. The number of nitrogens with zero attached hydrogens (tertiary/aromatic N) is 4. The third kappa shape index (κ3) is 4.49. The molecule has 1 unspecified atom stereocenters. The molecule has 0 aliphatic carbocycles. The second kappa shape index (κ2) is 8.23. The van der Waals surface area contributed by atoms with E-state index in [1.807, 2.05) is 19.9 Å². The molecule has 1 atom stereocenters. The highest BCUT2D eigenvalue weighted by Gasteiger charge is 2.12. The Kier molecular flexibility index (Phi) is 6.04. The number of amides is 1. The SMILES string of the molecule is CCOC(C)n1nccc1-c1cnc(NCCC(=O)NC)nc1. The minimum atomic E-state index is -0.157. The van der Waals surface area contributed by atoms with E-state index in [2.05, 4.69) is 25.7 Å². The summed E-state index contributed by atoms with van der Waals surface area (Å²) in [6.45, 7) is 4.99. The van der Waals surface area contributed by atoms with Gasteiger partial charge >= 0.3 is 0 Å². The van der Waals surface area contributed by atoms with Gasteiger partial charge in [-0.2, -0.15) is 5.10 Å². The fourth-order valence-electron chi connectivity index (χ4n) is 2.11. The first kappa shape index (κ1) is 16.9. The van der Waals surface area contributed by atoms with Crippen LogP contribution in [0.1, 0.15) is 26.5 Å². The summed E-state index contributed by atoms with van der Waals surface area (Å²) in [5, 5.41) is 9.86. The first-order valence-electron chi connectivity index (χ1n) is 7.57. The molecule has 0 aromatic carbocycles. The van der Waals surface area contributed by atoms with Crippen molar-refractivity contribution in [1.82, 2.24) is 25.1 Å². The second-order valence-corrected chi connectivity index (χ2v) is 4.86. The molecular formula is C15H22N6O2. The predicted molar refractivity (Wildman–Crippen MR) is 86.8 cm³/mol. The number of anilines is 1. The minimum absolute atomic E-state index is 0.0251. The number of aromatic nitrogens is 4. The first-order valence-corrected chi connectivity index (χ1v) is 7.57. The van der Waals surface area contributed by atoms with Gasteiger partial charge in [-0.05, 0) is 19.9 Å². The maximum Gasteiger partial charge on any atom is 0.222 e. The van der Waals surface area contributed by atoms with Crippen molar-refractivity contribution in [2.75, 3.05) is 25.5 Å². The molecule has 0 spiro atoms. The lowest BCUT2D eigenvalue weighted by Gasteiger charge is -2.15. The first-order chi connectivity index (χ1) is 11.2. The third-order valence-corrected chi connectivity index (χ3v) is 3.28. The van der Waals surface area contributed by atoms with E-state index in [4.69, 9.17) is 4.74 Å². The molecule has 0 aliphatic rings. The molecule has 1 amide bonds. The van der Waals surface area contributed by atoms with Gasteiger partial charge in [0.1, 0.15) is 6.23 Å². The number of hydrogen-bond donors (Lipinski definition) is 2. The van der Waals surface area contributed by atoms with Crippen LogP contribution in [-0.2, 0) is 9.53 Å². The Morgan fingerprint density at radius 2 is 2.13 bits per heavy atom. The van der Waals surface area contributed by atoms with Gasteiger partial charge in [0.2, 0.25) is 11.9 Å². The monoisotopic (exact) mass is 318 g/mol. The lowest BCUT2D eigenvalue weighted by molar-refractivity contribution is -0.120. The highest BCUT2D eigenvalue weighted by molar-refractivity contribution is 5.75. The van der Waals surface area contributed by atoms with E-state index in [0.717, 1.165) is 11.3 Å². The van der Waals surface area contributed by atoms with Gasteiger partial charge in [0.15, 0.2) is 0 Å². The fraction of sp³-hybridized carbons (Fsp3) is 0.467. The zero-order valence-corrected chi connectivity index (χ0v) is 13.6. The number of ether oxygens (including phenoxy) is 1. The van der Waals surface area contributed by atoms with Crippen LogP contribution in [0.3, 0.4) is 0 Å². The summed E-state index contributed by atoms with van der Waals surface area (Å²) in [5.74, 6) is 0.463. The van der Waals surface area contributed by atoms with E-state index in [1.165, 1.54) is 0 Å². The van der Waals surface area contributed by atoms with Crippen molar-refractivity contribution < 1.29 is 9.53 Å². The van der Waals surface area contributed by atoms with Crippen LogP contribution < -0.4 is 10.6 Å². The summed E-state index contributed by atoms with van der Waals surface area (Å²) in [5.41, 5.74) is 1.74. The van der Waals surface area contributed by atoms with Crippen molar-refractivity contribution in [3.63, 3.8) is 0 Å². The van der Waals surface area contributed by atoms with E-state index in [9.17, 15) is 4.79 Å². The summed E-state index contributed by atoms with van der Waals surface area (Å²) < 4.78 is 7.36. The average molecular weight is 318 g/mol. The normalized spacial score (nSPS) is 12.0. The highest BCUT2D eigenvalue weighted by atomic mass is 16.5. The van der Waals surface area contributed by atoms with E-state index >= 15 is 0 Å². The van der Waals surface area contributed by atoms with Crippen molar-refractivity contribution >= 4 is 11.9 Å². The standard InChI is InChI=1S/C15H22N6O2/c1-4-23-11(2)21-13(5-8-20-21)12-9-18-15(19-10-12)17-7-6-14(22)16-3/h5,8-11H,4,6-7H2,1-3H3,(H,16,22)(H,17,18,19). The quantitative estimate of drug-likeness (QED) is 0.765. The maximum atomic E-state index is 11.2. The topological polar surface area (TPSA) is 94.0 Å². The summed E-state index contributed by atoms with van der Waals surface area (Å²) in [7, 11) is 1.61. The highest BCUT2D eigenvalue weighted by Crippen LogP contribution is 2.21. The molecule has 124 valence electrons. The number of hydrogen-bond acceptors (Lipinski definition) is 6. The molecule has 0 saturated heterocycles. The average Bonchev–Trinajstić information content (AvgIpc) is 3.05. The van der Waals surface area contributed by atoms with Crippen LogP contribution >= 0.6 is 0 Å². The van der Waals surface area contributed by atoms with Gasteiger partial charge in [-0.25, -0.2) is 14.6 Å². The lowest BCUT2D eigenvalue weighted by Crippen LogP contribution is -2.21. The molecule has 0 bridgehead atoms. The predicted octanol–water partition coefficient (Wildman–Crippen LogP) is 1.44. The van der Waals surface area contributed by atoms with Gasteiger partial charge in [0, 0.05) is 50.8 Å². The van der Waals surface area contributed by atoms with Crippen LogP contribution in [0.2, 0.25) is 0 Å².